The lowest BCUT2D eigenvalue weighted by Crippen LogP contribution is -2.29. The molecule has 0 radical (unpaired) electrons. The van der Waals surface area contributed by atoms with Crippen LogP contribution < -0.4 is 5.73 Å². The maximum atomic E-state index is 12.2. The van der Waals surface area contributed by atoms with Crippen LogP contribution in [0.15, 0.2) is 12.2 Å². The Balaban J connectivity index is 4.24. The third kappa shape index (κ3) is 21.0. The van der Waals surface area contributed by atoms with E-state index in [1.807, 2.05) is 6.92 Å². The molecule has 0 aliphatic rings. The summed E-state index contributed by atoms with van der Waals surface area (Å²) in [6.45, 7) is 3.23. The first-order valence-corrected chi connectivity index (χ1v) is 13.7. The van der Waals surface area contributed by atoms with E-state index in [-0.39, 0.29) is 32.6 Å². The average Bonchev–Trinajstić information content (AvgIpc) is 2.78. The first-order chi connectivity index (χ1) is 15.8. The van der Waals surface area contributed by atoms with Crippen LogP contribution in [0.5, 0.6) is 0 Å². The molecule has 0 spiro atoms. The Morgan fingerprint density at radius 2 is 1.55 bits per heavy atom. The van der Waals surface area contributed by atoms with Crippen LogP contribution in [-0.4, -0.2) is 49.3 Å². The van der Waals surface area contributed by atoms with Gasteiger partial charge < -0.3 is 20.1 Å². The number of rotatable bonds is 22. The van der Waals surface area contributed by atoms with E-state index < -0.39 is 32.5 Å². The van der Waals surface area contributed by atoms with Crippen molar-refractivity contribution in [2.45, 2.75) is 97.0 Å². The molecule has 194 valence electrons. The van der Waals surface area contributed by atoms with Crippen molar-refractivity contribution in [3.05, 3.63) is 12.2 Å². The highest BCUT2D eigenvalue weighted by Gasteiger charge is 2.25. The molecule has 0 bridgehead atoms. The summed E-state index contributed by atoms with van der Waals surface area (Å²) in [6.07, 6.45) is 14.2. The van der Waals surface area contributed by atoms with E-state index in [0.29, 0.717) is 12.8 Å². The fraction of sp³-hybridized carbons (Fsp3) is 0.826. The molecule has 0 aromatic heterocycles. The van der Waals surface area contributed by atoms with Crippen LogP contribution >= 0.6 is 7.82 Å². The second-order valence-corrected chi connectivity index (χ2v) is 9.30. The molecule has 0 rings (SSSR count). The second-order valence-electron chi connectivity index (χ2n) is 7.85. The van der Waals surface area contributed by atoms with E-state index in [1.54, 1.807) is 0 Å². The van der Waals surface area contributed by atoms with Gasteiger partial charge in [0, 0.05) is 19.4 Å². The molecular weight excluding hydrogens is 449 g/mol. The SMILES string of the molecule is CCCC/C=C\CCCCCCCC(=O)OC(COC(=O)CCC)COP(=O)(O)OCCN. The van der Waals surface area contributed by atoms with Crippen molar-refractivity contribution in [3.8, 4) is 0 Å². The van der Waals surface area contributed by atoms with Crippen molar-refractivity contribution in [2.24, 2.45) is 5.73 Å². The highest BCUT2D eigenvalue weighted by molar-refractivity contribution is 7.47. The van der Waals surface area contributed by atoms with Crippen LogP contribution in [0.2, 0.25) is 0 Å². The Hall–Kier alpha value is -1.25. The van der Waals surface area contributed by atoms with Crippen molar-refractivity contribution in [1.82, 2.24) is 0 Å². The van der Waals surface area contributed by atoms with Crippen LogP contribution in [-0.2, 0) is 32.7 Å². The summed E-state index contributed by atoms with van der Waals surface area (Å²) < 4.78 is 31.7. The molecule has 3 N–H and O–H groups in total. The van der Waals surface area contributed by atoms with Crippen LogP contribution in [0.1, 0.15) is 90.9 Å². The van der Waals surface area contributed by atoms with Gasteiger partial charge in [-0.15, -0.1) is 0 Å². The molecule has 0 aliphatic heterocycles. The van der Waals surface area contributed by atoms with E-state index in [9.17, 15) is 19.0 Å². The first kappa shape index (κ1) is 31.8. The predicted molar refractivity (Wildman–Crippen MR) is 128 cm³/mol. The first-order valence-electron chi connectivity index (χ1n) is 12.2. The number of carbonyl (C=O) groups is 2. The van der Waals surface area contributed by atoms with Crippen molar-refractivity contribution < 1.29 is 37.6 Å². The molecular formula is C23H44NO8P. The fourth-order valence-electron chi connectivity index (χ4n) is 2.83. The molecule has 0 aliphatic carbocycles. The fourth-order valence-corrected chi connectivity index (χ4v) is 3.59. The molecule has 10 heteroatoms. The lowest BCUT2D eigenvalue weighted by atomic mass is 10.1. The standard InChI is InChI=1S/C23H44NO8P/c1-3-5-6-7-8-9-10-11-12-13-14-16-23(26)32-21(19-29-22(25)15-4-2)20-31-33(27,28)30-18-17-24/h7-8,21H,3-6,9-20,24H2,1-2H3,(H,27,28)/b8-7-. The van der Waals surface area contributed by atoms with Gasteiger partial charge in [0.25, 0.3) is 0 Å². The number of esters is 2. The topological polar surface area (TPSA) is 134 Å². The minimum Gasteiger partial charge on any atom is -0.462 e. The van der Waals surface area contributed by atoms with E-state index >= 15 is 0 Å². The van der Waals surface area contributed by atoms with Crippen molar-refractivity contribution in [2.75, 3.05) is 26.4 Å². The zero-order valence-electron chi connectivity index (χ0n) is 20.4. The zero-order valence-corrected chi connectivity index (χ0v) is 21.3. The zero-order chi connectivity index (χ0) is 24.8. The molecule has 2 unspecified atom stereocenters. The molecule has 0 saturated heterocycles. The molecule has 0 aromatic rings. The molecule has 33 heavy (non-hydrogen) atoms. The molecule has 0 saturated carbocycles. The van der Waals surface area contributed by atoms with Gasteiger partial charge in [0.05, 0.1) is 13.2 Å². The summed E-state index contributed by atoms with van der Waals surface area (Å²) >= 11 is 0. The van der Waals surface area contributed by atoms with E-state index in [2.05, 4.69) is 23.6 Å². The molecule has 0 fully saturated rings. The molecule has 2 atom stereocenters. The van der Waals surface area contributed by atoms with Gasteiger partial charge in [-0.2, -0.15) is 0 Å². The predicted octanol–water partition coefficient (Wildman–Crippen LogP) is 4.81. The highest BCUT2D eigenvalue weighted by atomic mass is 31.2. The lowest BCUT2D eigenvalue weighted by molar-refractivity contribution is -0.161. The number of nitrogens with two attached hydrogens (primary N) is 1. The van der Waals surface area contributed by atoms with Crippen LogP contribution in [0.4, 0.5) is 0 Å². The van der Waals surface area contributed by atoms with Gasteiger partial charge >= 0.3 is 19.8 Å². The normalized spacial score (nSPS) is 14.2. The Morgan fingerprint density at radius 3 is 2.21 bits per heavy atom. The Labute approximate surface area is 199 Å². The maximum Gasteiger partial charge on any atom is 0.472 e. The van der Waals surface area contributed by atoms with Gasteiger partial charge in [0.1, 0.15) is 6.61 Å². The Morgan fingerprint density at radius 1 is 0.879 bits per heavy atom. The number of unbranched alkanes of at least 4 members (excludes halogenated alkanes) is 7. The van der Waals surface area contributed by atoms with Crippen LogP contribution in [0.3, 0.4) is 0 Å². The summed E-state index contributed by atoms with van der Waals surface area (Å²) in [7, 11) is -4.33. The highest BCUT2D eigenvalue weighted by Crippen LogP contribution is 2.43. The summed E-state index contributed by atoms with van der Waals surface area (Å²) in [5.74, 6) is -0.907. The van der Waals surface area contributed by atoms with Gasteiger partial charge in [-0.1, -0.05) is 58.1 Å². The monoisotopic (exact) mass is 493 g/mol. The van der Waals surface area contributed by atoms with Crippen molar-refractivity contribution >= 4 is 19.8 Å². The number of ether oxygens (including phenoxy) is 2. The summed E-state index contributed by atoms with van der Waals surface area (Å²) in [6, 6.07) is 0. The van der Waals surface area contributed by atoms with E-state index in [4.69, 9.17) is 19.7 Å². The number of carbonyl (C=O) groups excluding carboxylic acids is 2. The second kappa shape index (κ2) is 21.3. The minimum atomic E-state index is -4.33. The number of hydrogen-bond donors (Lipinski definition) is 2. The minimum absolute atomic E-state index is 0.0522. The maximum absolute atomic E-state index is 12.2. The number of phosphoric ester groups is 1. The summed E-state index contributed by atoms with van der Waals surface area (Å²) in [5, 5.41) is 0. The van der Waals surface area contributed by atoms with Crippen LogP contribution in [0, 0.1) is 0 Å². The number of hydrogen-bond acceptors (Lipinski definition) is 8. The molecule has 9 nitrogen and oxygen atoms in total. The van der Waals surface area contributed by atoms with Gasteiger partial charge in [0.2, 0.25) is 0 Å². The molecule has 0 heterocycles. The van der Waals surface area contributed by atoms with Crippen molar-refractivity contribution in [3.63, 3.8) is 0 Å². The molecule has 0 amide bonds. The van der Waals surface area contributed by atoms with Gasteiger partial charge in [-0.05, 0) is 32.1 Å². The average molecular weight is 494 g/mol. The summed E-state index contributed by atoms with van der Waals surface area (Å²) in [5.41, 5.74) is 5.24. The molecule has 0 aromatic carbocycles. The van der Waals surface area contributed by atoms with Crippen molar-refractivity contribution in [1.29, 1.82) is 0 Å². The van der Waals surface area contributed by atoms with Gasteiger partial charge in [-0.25, -0.2) is 4.57 Å². The van der Waals surface area contributed by atoms with Gasteiger partial charge in [-0.3, -0.25) is 18.6 Å². The number of phosphoric acid groups is 1. The largest absolute Gasteiger partial charge is 0.472 e. The van der Waals surface area contributed by atoms with Crippen LogP contribution in [0.25, 0.3) is 0 Å². The lowest BCUT2D eigenvalue weighted by Gasteiger charge is -2.19. The third-order valence-corrected chi connectivity index (χ3v) is 5.61. The van der Waals surface area contributed by atoms with E-state index in [0.717, 1.165) is 38.5 Å². The Kier molecular flexibility index (Phi) is 20.5. The summed E-state index contributed by atoms with van der Waals surface area (Å²) in [4.78, 5) is 33.4. The smallest absolute Gasteiger partial charge is 0.462 e. The Bertz CT molecular complexity index is 585. The van der Waals surface area contributed by atoms with Gasteiger partial charge in [0.15, 0.2) is 6.10 Å². The quantitative estimate of drug-likeness (QED) is 0.0942. The number of allylic oxidation sites excluding steroid dienone is 2. The third-order valence-electron chi connectivity index (χ3n) is 4.62. The van der Waals surface area contributed by atoms with E-state index in [1.165, 1.54) is 12.8 Å².